The Morgan fingerprint density at radius 3 is 2.50 bits per heavy atom. The third-order valence-corrected chi connectivity index (χ3v) is 7.34. The highest BCUT2D eigenvalue weighted by Crippen LogP contribution is 2.55. The largest absolute Gasteiger partial charge is 0.452 e. The van der Waals surface area contributed by atoms with Crippen molar-refractivity contribution in [3.63, 3.8) is 0 Å². The van der Waals surface area contributed by atoms with Crippen LogP contribution in [0.15, 0.2) is 54.1 Å². The first-order chi connectivity index (χ1) is 16.2. The average molecular weight is 499 g/mol. The lowest BCUT2D eigenvalue weighted by atomic mass is 9.82. The Morgan fingerprint density at radius 1 is 1.06 bits per heavy atom. The third kappa shape index (κ3) is 3.79. The molecule has 2 fully saturated rings. The Bertz CT molecular complexity index is 1260. The quantitative estimate of drug-likeness (QED) is 0.372. The van der Waals surface area contributed by atoms with Gasteiger partial charge >= 0.3 is 5.97 Å². The van der Waals surface area contributed by atoms with Gasteiger partial charge in [-0.3, -0.25) is 19.3 Å². The number of nitrogens with zero attached hydrogens (tertiary/aromatic N) is 1. The van der Waals surface area contributed by atoms with E-state index in [1.807, 2.05) is 6.92 Å². The number of carbonyl (C=O) groups is 4. The molecule has 0 aromatic heterocycles. The maximum Gasteiger partial charge on any atom is 0.338 e. The minimum Gasteiger partial charge on any atom is -0.452 e. The number of esters is 1. The minimum atomic E-state index is -0.715. The number of nitrogens with one attached hydrogen (secondary N) is 1. The summed E-state index contributed by atoms with van der Waals surface area (Å²) in [6, 6.07) is 10.6. The van der Waals surface area contributed by atoms with Gasteiger partial charge in [-0.05, 0) is 67.6 Å². The van der Waals surface area contributed by atoms with Crippen LogP contribution in [0.4, 0.5) is 11.4 Å². The van der Waals surface area contributed by atoms with Crippen molar-refractivity contribution in [3.8, 4) is 0 Å². The van der Waals surface area contributed by atoms with Crippen molar-refractivity contribution in [2.24, 2.45) is 23.7 Å². The Hall–Kier alpha value is -3.16. The second-order valence-corrected chi connectivity index (χ2v) is 9.62. The lowest BCUT2D eigenvalue weighted by Gasteiger charge is -2.19. The number of hydrogen-bond acceptors (Lipinski definition) is 5. The van der Waals surface area contributed by atoms with E-state index < -0.39 is 18.5 Å². The Morgan fingerprint density at radius 2 is 1.76 bits per heavy atom. The number of hydrogen-bond donors (Lipinski definition) is 1. The van der Waals surface area contributed by atoms with Gasteiger partial charge < -0.3 is 10.1 Å². The van der Waals surface area contributed by atoms with Gasteiger partial charge in [-0.25, -0.2) is 4.79 Å². The van der Waals surface area contributed by atoms with E-state index in [1.54, 1.807) is 24.3 Å². The first-order valence-corrected chi connectivity index (χ1v) is 11.6. The number of ether oxygens (including phenoxy) is 1. The average Bonchev–Trinajstić information content (AvgIpc) is 3.45. The molecule has 4 atom stereocenters. The molecule has 5 rings (SSSR count). The van der Waals surface area contributed by atoms with Crippen molar-refractivity contribution in [3.05, 3.63) is 69.7 Å². The van der Waals surface area contributed by atoms with Crippen LogP contribution in [-0.2, 0) is 19.1 Å². The summed E-state index contributed by atoms with van der Waals surface area (Å²) in [5, 5.41) is 3.23. The number of halogens is 2. The molecule has 3 aliphatic rings. The molecule has 34 heavy (non-hydrogen) atoms. The Balaban J connectivity index is 1.21. The normalized spacial score (nSPS) is 24.8. The Kier molecular flexibility index (Phi) is 5.70. The first kappa shape index (κ1) is 22.6. The molecule has 0 unspecified atom stereocenters. The fraction of sp³-hybridized carbons (Fsp3) is 0.280. The van der Waals surface area contributed by atoms with Crippen LogP contribution in [0.25, 0.3) is 0 Å². The van der Waals surface area contributed by atoms with E-state index in [-0.39, 0.29) is 41.0 Å². The zero-order chi connectivity index (χ0) is 24.1. The molecule has 1 saturated carbocycles. The SMILES string of the molecule is CC1=C[C@H]2C[C@H]1[C@@H]1C(=O)N(c3ccc(C(=O)OCC(=O)Nc4cc(Cl)ccc4Cl)cc3)C(=O)[C@@H]12. The van der Waals surface area contributed by atoms with E-state index in [1.165, 1.54) is 28.7 Å². The predicted octanol–water partition coefficient (Wildman–Crippen LogP) is 4.49. The highest BCUT2D eigenvalue weighted by Gasteiger charge is 2.60. The van der Waals surface area contributed by atoms with E-state index in [0.717, 1.165) is 6.42 Å². The summed E-state index contributed by atoms with van der Waals surface area (Å²) in [4.78, 5) is 51.8. The van der Waals surface area contributed by atoms with E-state index in [0.29, 0.717) is 21.4 Å². The maximum atomic E-state index is 13.0. The molecule has 1 saturated heterocycles. The lowest BCUT2D eigenvalue weighted by Crippen LogP contribution is -2.33. The number of imide groups is 1. The molecule has 1 aliphatic heterocycles. The van der Waals surface area contributed by atoms with Crippen molar-refractivity contribution in [1.29, 1.82) is 0 Å². The number of carbonyl (C=O) groups excluding carboxylic acids is 4. The van der Waals surface area contributed by atoms with Gasteiger partial charge in [0.2, 0.25) is 11.8 Å². The smallest absolute Gasteiger partial charge is 0.338 e. The number of anilines is 2. The zero-order valence-corrected chi connectivity index (χ0v) is 19.6. The second-order valence-electron chi connectivity index (χ2n) is 8.78. The molecule has 9 heteroatoms. The number of allylic oxidation sites excluding steroid dienone is 2. The van der Waals surface area contributed by atoms with Crippen LogP contribution in [0.1, 0.15) is 23.7 Å². The summed E-state index contributed by atoms with van der Waals surface area (Å²) >= 11 is 11.9. The second kappa shape index (κ2) is 8.56. The lowest BCUT2D eigenvalue weighted by molar-refractivity contribution is -0.123. The number of benzene rings is 2. The summed E-state index contributed by atoms with van der Waals surface area (Å²) in [5.41, 5.74) is 2.11. The molecule has 2 bridgehead atoms. The van der Waals surface area contributed by atoms with Gasteiger partial charge in [0.15, 0.2) is 6.61 Å². The van der Waals surface area contributed by atoms with Gasteiger partial charge in [0.25, 0.3) is 5.91 Å². The number of amides is 3. The molecule has 7 nitrogen and oxygen atoms in total. The molecule has 0 radical (unpaired) electrons. The molecule has 0 spiro atoms. The van der Waals surface area contributed by atoms with Crippen molar-refractivity contribution >= 4 is 58.3 Å². The molecule has 1 heterocycles. The molecule has 1 N–H and O–H groups in total. The van der Waals surface area contributed by atoms with Gasteiger partial charge in [0, 0.05) is 5.02 Å². The first-order valence-electron chi connectivity index (χ1n) is 10.8. The summed E-state index contributed by atoms with van der Waals surface area (Å²) in [7, 11) is 0. The summed E-state index contributed by atoms with van der Waals surface area (Å²) < 4.78 is 5.07. The number of fused-ring (bicyclic) bond motifs is 5. The van der Waals surface area contributed by atoms with Crippen LogP contribution in [-0.4, -0.2) is 30.3 Å². The third-order valence-electron chi connectivity index (χ3n) is 6.78. The van der Waals surface area contributed by atoms with Crippen LogP contribution < -0.4 is 10.2 Å². The minimum absolute atomic E-state index is 0.124. The fourth-order valence-electron chi connectivity index (χ4n) is 5.27. The fourth-order valence-corrected chi connectivity index (χ4v) is 5.61. The molecule has 2 aromatic rings. The van der Waals surface area contributed by atoms with Crippen molar-refractivity contribution < 1.29 is 23.9 Å². The molecule has 3 amide bonds. The summed E-state index contributed by atoms with van der Waals surface area (Å²) in [5.74, 6) is -1.98. The van der Waals surface area contributed by atoms with Crippen LogP contribution in [0.5, 0.6) is 0 Å². The standard InChI is InChI=1S/C25H20Cl2N2O5/c1-12-8-14-9-17(12)22-21(14)23(31)29(24(22)32)16-5-2-13(3-6-16)25(33)34-11-20(30)28-19-10-15(26)4-7-18(19)27/h2-8,10,14,17,21-22H,9,11H2,1H3,(H,28,30)/t14-,17+,21+,22-/m0/s1. The van der Waals surface area contributed by atoms with Crippen molar-refractivity contribution in [2.75, 3.05) is 16.8 Å². The maximum absolute atomic E-state index is 13.0. The summed E-state index contributed by atoms with van der Waals surface area (Å²) in [6.45, 7) is 1.50. The van der Waals surface area contributed by atoms with Crippen molar-refractivity contribution in [1.82, 2.24) is 0 Å². The van der Waals surface area contributed by atoms with E-state index in [2.05, 4.69) is 11.4 Å². The van der Waals surface area contributed by atoms with Gasteiger partial charge in [0.1, 0.15) is 0 Å². The highest BCUT2D eigenvalue weighted by atomic mass is 35.5. The van der Waals surface area contributed by atoms with E-state index in [4.69, 9.17) is 27.9 Å². The van der Waals surface area contributed by atoms with Crippen molar-refractivity contribution in [2.45, 2.75) is 13.3 Å². The van der Waals surface area contributed by atoms with Crippen LogP contribution in [0.2, 0.25) is 10.0 Å². The molecule has 174 valence electrons. The van der Waals surface area contributed by atoms with Gasteiger partial charge in [-0.15, -0.1) is 0 Å². The molecular weight excluding hydrogens is 479 g/mol. The van der Waals surface area contributed by atoms with Crippen LogP contribution in [0, 0.1) is 23.7 Å². The van der Waals surface area contributed by atoms with Gasteiger partial charge in [-0.2, -0.15) is 0 Å². The van der Waals surface area contributed by atoms with Gasteiger partial charge in [0.05, 0.1) is 33.8 Å². The number of rotatable bonds is 5. The zero-order valence-electron chi connectivity index (χ0n) is 18.1. The predicted molar refractivity (Wildman–Crippen MR) is 127 cm³/mol. The monoisotopic (exact) mass is 498 g/mol. The van der Waals surface area contributed by atoms with Crippen LogP contribution >= 0.6 is 23.2 Å². The summed E-state index contributed by atoms with van der Waals surface area (Å²) in [6.07, 6.45) is 2.99. The molecule has 2 aromatic carbocycles. The van der Waals surface area contributed by atoms with E-state index in [9.17, 15) is 19.2 Å². The Labute approximate surface area is 205 Å². The molecule has 2 aliphatic carbocycles. The molecular formula is C25H20Cl2N2O5. The van der Waals surface area contributed by atoms with E-state index >= 15 is 0 Å². The topological polar surface area (TPSA) is 92.8 Å². The highest BCUT2D eigenvalue weighted by molar-refractivity contribution is 6.35. The van der Waals surface area contributed by atoms with Gasteiger partial charge in [-0.1, -0.05) is 34.9 Å². The van der Waals surface area contributed by atoms with Crippen LogP contribution in [0.3, 0.4) is 0 Å².